The Kier molecular flexibility index (Phi) is 3.41. The first-order valence-electron chi connectivity index (χ1n) is 6.83. The fourth-order valence-electron chi connectivity index (χ4n) is 2.56. The van der Waals surface area contributed by atoms with E-state index in [0.29, 0.717) is 35.8 Å². The van der Waals surface area contributed by atoms with Crippen LogP contribution in [0.25, 0.3) is 0 Å². The van der Waals surface area contributed by atoms with Gasteiger partial charge < -0.3 is 14.5 Å². The number of carbonyl (C=O) groups excluding carboxylic acids is 1. The second-order valence-corrected chi connectivity index (χ2v) is 5.23. The molecule has 0 fully saturated rings. The van der Waals surface area contributed by atoms with Gasteiger partial charge in [0, 0.05) is 12.0 Å². The molecule has 2 aromatic rings. The normalized spacial score (nSPS) is 16.4. The topological polar surface area (TPSA) is 51.5 Å². The van der Waals surface area contributed by atoms with Crippen molar-refractivity contribution in [1.29, 1.82) is 0 Å². The number of carbonyl (C=O) groups is 1. The average molecular weight is 289 g/mol. The molecule has 1 aliphatic heterocycles. The predicted octanol–water partition coefficient (Wildman–Crippen LogP) is 2.77. The summed E-state index contributed by atoms with van der Waals surface area (Å²) in [7, 11) is 0. The van der Waals surface area contributed by atoms with Crippen molar-refractivity contribution < 1.29 is 18.3 Å². The van der Waals surface area contributed by atoms with Gasteiger partial charge in [-0.2, -0.15) is 0 Å². The quantitative estimate of drug-likeness (QED) is 0.945. The average Bonchev–Trinajstić information content (AvgIpc) is 2.98. The van der Waals surface area contributed by atoms with E-state index in [1.54, 1.807) is 26.0 Å². The first kappa shape index (κ1) is 13.7. The molecule has 1 aromatic carbocycles. The van der Waals surface area contributed by atoms with Crippen LogP contribution in [0, 0.1) is 19.7 Å². The molecule has 5 heteroatoms. The molecule has 3 rings (SSSR count). The fraction of sp³-hybridized carbons (Fsp3) is 0.312. The standard InChI is InChI=1S/C16H16FNO3/c1-9-5-14(10(2)20-9)16(19)18-8-13-7-11-6-12(17)3-4-15(11)21-13/h3-6,13H,7-8H2,1-2H3,(H,18,19). The van der Waals surface area contributed by atoms with E-state index in [4.69, 9.17) is 9.15 Å². The smallest absolute Gasteiger partial charge is 0.254 e. The minimum absolute atomic E-state index is 0.168. The number of halogens is 1. The van der Waals surface area contributed by atoms with Crippen molar-refractivity contribution in [2.24, 2.45) is 0 Å². The van der Waals surface area contributed by atoms with Gasteiger partial charge in [0.2, 0.25) is 0 Å². The molecule has 0 radical (unpaired) electrons. The number of hydrogen-bond acceptors (Lipinski definition) is 3. The third kappa shape index (κ3) is 2.77. The number of hydrogen-bond donors (Lipinski definition) is 1. The van der Waals surface area contributed by atoms with E-state index in [9.17, 15) is 9.18 Å². The molecule has 0 saturated heterocycles. The first-order valence-corrected chi connectivity index (χ1v) is 6.83. The van der Waals surface area contributed by atoms with Crippen molar-refractivity contribution >= 4 is 5.91 Å². The van der Waals surface area contributed by atoms with Crippen molar-refractivity contribution in [3.8, 4) is 5.75 Å². The van der Waals surface area contributed by atoms with Crippen molar-refractivity contribution in [2.45, 2.75) is 26.4 Å². The second kappa shape index (κ2) is 5.24. The van der Waals surface area contributed by atoms with Gasteiger partial charge in [0.25, 0.3) is 5.91 Å². The Labute approximate surface area is 121 Å². The summed E-state index contributed by atoms with van der Waals surface area (Å²) in [5, 5.41) is 2.83. The second-order valence-electron chi connectivity index (χ2n) is 5.23. The van der Waals surface area contributed by atoms with E-state index in [1.165, 1.54) is 12.1 Å². The highest BCUT2D eigenvalue weighted by atomic mass is 19.1. The minimum Gasteiger partial charge on any atom is -0.488 e. The van der Waals surface area contributed by atoms with E-state index >= 15 is 0 Å². The molecule has 1 atom stereocenters. The monoisotopic (exact) mass is 289 g/mol. The zero-order valence-corrected chi connectivity index (χ0v) is 11.9. The number of benzene rings is 1. The Bertz CT molecular complexity index is 693. The molecule has 0 spiro atoms. The maximum atomic E-state index is 13.1. The molecule has 0 bridgehead atoms. The molecule has 1 N–H and O–H groups in total. The number of amides is 1. The molecule has 0 saturated carbocycles. The van der Waals surface area contributed by atoms with Crippen LogP contribution in [0.2, 0.25) is 0 Å². The number of rotatable bonds is 3. The maximum absolute atomic E-state index is 13.1. The summed E-state index contributed by atoms with van der Waals surface area (Å²) in [6.45, 7) is 3.93. The van der Waals surface area contributed by atoms with E-state index in [1.807, 2.05) is 0 Å². The van der Waals surface area contributed by atoms with E-state index < -0.39 is 0 Å². The third-order valence-corrected chi connectivity index (χ3v) is 3.54. The largest absolute Gasteiger partial charge is 0.488 e. The van der Waals surface area contributed by atoms with Crippen LogP contribution in [0.3, 0.4) is 0 Å². The van der Waals surface area contributed by atoms with E-state index in [-0.39, 0.29) is 17.8 Å². The summed E-state index contributed by atoms with van der Waals surface area (Å²) in [5.74, 6) is 1.54. The number of nitrogens with one attached hydrogen (secondary N) is 1. The molecule has 21 heavy (non-hydrogen) atoms. The van der Waals surface area contributed by atoms with Gasteiger partial charge >= 0.3 is 0 Å². The Morgan fingerprint density at radius 3 is 2.90 bits per heavy atom. The Morgan fingerprint density at radius 1 is 1.38 bits per heavy atom. The van der Waals surface area contributed by atoms with Gasteiger partial charge in [-0.1, -0.05) is 0 Å². The fourth-order valence-corrected chi connectivity index (χ4v) is 2.56. The molecule has 4 nitrogen and oxygen atoms in total. The van der Waals surface area contributed by atoms with Crippen molar-refractivity contribution in [1.82, 2.24) is 5.32 Å². The van der Waals surface area contributed by atoms with E-state index in [2.05, 4.69) is 5.32 Å². The van der Waals surface area contributed by atoms with Gasteiger partial charge in [-0.15, -0.1) is 0 Å². The van der Waals surface area contributed by atoms with Gasteiger partial charge in [0.05, 0.1) is 12.1 Å². The third-order valence-electron chi connectivity index (χ3n) is 3.54. The summed E-state index contributed by atoms with van der Waals surface area (Å²) in [6.07, 6.45) is 0.426. The number of fused-ring (bicyclic) bond motifs is 1. The summed E-state index contributed by atoms with van der Waals surface area (Å²) in [6, 6.07) is 6.18. The molecule has 1 aliphatic rings. The molecular formula is C16H16FNO3. The molecule has 1 unspecified atom stereocenters. The molecular weight excluding hydrogens is 273 g/mol. The molecule has 1 amide bonds. The van der Waals surface area contributed by atoms with E-state index in [0.717, 1.165) is 5.56 Å². The lowest BCUT2D eigenvalue weighted by atomic mass is 10.1. The highest BCUT2D eigenvalue weighted by Crippen LogP contribution is 2.29. The predicted molar refractivity (Wildman–Crippen MR) is 75.0 cm³/mol. The number of ether oxygens (including phenoxy) is 1. The first-order chi connectivity index (χ1) is 10.0. The number of aryl methyl sites for hydroxylation is 2. The lowest BCUT2D eigenvalue weighted by Gasteiger charge is -2.11. The molecule has 110 valence electrons. The van der Waals surface area contributed by atoms with Gasteiger partial charge in [-0.05, 0) is 38.1 Å². The van der Waals surface area contributed by atoms with Crippen LogP contribution >= 0.6 is 0 Å². The SMILES string of the molecule is Cc1cc(C(=O)NCC2Cc3cc(F)ccc3O2)c(C)o1. The van der Waals surface area contributed by atoms with Crippen molar-refractivity contribution in [3.63, 3.8) is 0 Å². The molecule has 1 aromatic heterocycles. The van der Waals surface area contributed by atoms with Crippen molar-refractivity contribution in [3.05, 3.63) is 52.7 Å². The van der Waals surface area contributed by atoms with Crippen LogP contribution in [-0.2, 0) is 6.42 Å². The summed E-state index contributed by atoms with van der Waals surface area (Å²) < 4.78 is 24.2. The van der Waals surface area contributed by atoms with Crippen LogP contribution in [0.1, 0.15) is 27.4 Å². The molecule has 0 aliphatic carbocycles. The summed E-state index contributed by atoms with van der Waals surface area (Å²) in [4.78, 5) is 12.1. The minimum atomic E-state index is -0.272. The highest BCUT2D eigenvalue weighted by Gasteiger charge is 2.24. The number of furan rings is 1. The lowest BCUT2D eigenvalue weighted by molar-refractivity contribution is 0.0932. The van der Waals surface area contributed by atoms with Gasteiger partial charge in [0.15, 0.2) is 0 Å². The Balaban J connectivity index is 1.60. The van der Waals surface area contributed by atoms with Gasteiger partial charge in [-0.3, -0.25) is 4.79 Å². The highest BCUT2D eigenvalue weighted by molar-refractivity contribution is 5.95. The Hall–Kier alpha value is -2.30. The van der Waals surface area contributed by atoms with Crippen LogP contribution < -0.4 is 10.1 Å². The van der Waals surface area contributed by atoms with Gasteiger partial charge in [-0.25, -0.2) is 4.39 Å². The zero-order chi connectivity index (χ0) is 15.0. The van der Waals surface area contributed by atoms with Crippen molar-refractivity contribution in [2.75, 3.05) is 6.54 Å². The van der Waals surface area contributed by atoms with Crippen LogP contribution in [0.4, 0.5) is 4.39 Å². The summed E-state index contributed by atoms with van der Waals surface area (Å²) >= 11 is 0. The zero-order valence-electron chi connectivity index (χ0n) is 11.9. The Morgan fingerprint density at radius 2 is 2.19 bits per heavy atom. The van der Waals surface area contributed by atoms with Gasteiger partial charge in [0.1, 0.15) is 29.2 Å². The summed E-state index contributed by atoms with van der Waals surface area (Å²) in [5.41, 5.74) is 1.37. The van der Waals surface area contributed by atoms with Crippen LogP contribution in [-0.4, -0.2) is 18.6 Å². The van der Waals surface area contributed by atoms with Crippen LogP contribution in [0.5, 0.6) is 5.75 Å². The van der Waals surface area contributed by atoms with Crippen LogP contribution in [0.15, 0.2) is 28.7 Å². The maximum Gasteiger partial charge on any atom is 0.254 e. The lowest BCUT2D eigenvalue weighted by Crippen LogP contribution is -2.34. The molecule has 2 heterocycles.